The Bertz CT molecular complexity index is 318. The molecule has 0 radical (unpaired) electrons. The van der Waals surface area contributed by atoms with Gasteiger partial charge in [-0.25, -0.2) is 13.6 Å². The molecule has 0 spiro atoms. The number of aliphatic hydroxyl groups is 1. The zero-order valence-electron chi connectivity index (χ0n) is 6.37. The highest BCUT2D eigenvalue weighted by atomic mass is 19.1. The van der Waals surface area contributed by atoms with Gasteiger partial charge in [-0.15, -0.1) is 0 Å². The van der Waals surface area contributed by atoms with Gasteiger partial charge in [0.15, 0.2) is 6.10 Å². The number of carboxylic acids is 1. The lowest BCUT2D eigenvalue weighted by Gasteiger charge is -2.05. The van der Waals surface area contributed by atoms with Gasteiger partial charge in [-0.2, -0.15) is 0 Å². The van der Waals surface area contributed by atoms with Crippen LogP contribution >= 0.6 is 0 Å². The summed E-state index contributed by atoms with van der Waals surface area (Å²) in [4.78, 5) is 10.2. The number of hydrogen-bond donors (Lipinski definition) is 2. The van der Waals surface area contributed by atoms with E-state index in [0.717, 1.165) is 12.1 Å². The maximum Gasteiger partial charge on any atom is 0.337 e. The number of hydrogen-bond acceptors (Lipinski definition) is 2. The molecule has 0 saturated heterocycles. The van der Waals surface area contributed by atoms with Crippen molar-refractivity contribution in [3.8, 4) is 0 Å². The second-order valence-electron chi connectivity index (χ2n) is 2.44. The number of aliphatic carboxylic acids is 1. The van der Waals surface area contributed by atoms with Gasteiger partial charge in [-0.3, -0.25) is 0 Å². The summed E-state index contributed by atoms with van der Waals surface area (Å²) in [5.74, 6) is -3.39. The number of carboxylic acid groups (broad SMARTS) is 1. The molecule has 1 atom stereocenters. The molecular weight excluding hydrogens is 182 g/mol. The van der Waals surface area contributed by atoms with Crippen LogP contribution in [0.2, 0.25) is 0 Å². The molecule has 0 aliphatic rings. The summed E-state index contributed by atoms with van der Waals surface area (Å²) < 4.78 is 25.0. The Hall–Kier alpha value is -1.49. The molecule has 0 aromatic heterocycles. The Kier molecular flexibility index (Phi) is 2.57. The minimum atomic E-state index is -1.90. The summed E-state index contributed by atoms with van der Waals surface area (Å²) in [5, 5.41) is 17.2. The van der Waals surface area contributed by atoms with Gasteiger partial charge in [0.05, 0.1) is 0 Å². The molecule has 1 aromatic rings. The van der Waals surface area contributed by atoms with Crippen LogP contribution in [-0.2, 0) is 4.79 Å². The molecule has 1 aromatic carbocycles. The Morgan fingerprint density at radius 1 is 1.23 bits per heavy atom. The SMILES string of the molecule is O=C(O)[C@@H](O)c1cc(F)cc(F)c1. The smallest absolute Gasteiger partial charge is 0.337 e. The molecule has 0 bridgehead atoms. The van der Waals surface area contributed by atoms with Gasteiger partial charge in [0.25, 0.3) is 0 Å². The van der Waals surface area contributed by atoms with Crippen LogP contribution in [0.25, 0.3) is 0 Å². The summed E-state index contributed by atoms with van der Waals surface area (Å²) in [6, 6.07) is 2.13. The lowest BCUT2D eigenvalue weighted by atomic mass is 10.1. The summed E-state index contributed by atoms with van der Waals surface area (Å²) in [5.41, 5.74) is -0.315. The predicted octanol–water partition coefficient (Wildman–Crippen LogP) is 1.08. The van der Waals surface area contributed by atoms with Crippen LogP contribution in [-0.4, -0.2) is 16.2 Å². The Balaban J connectivity index is 3.07. The van der Waals surface area contributed by atoms with Crippen LogP contribution in [0.4, 0.5) is 8.78 Å². The predicted molar refractivity (Wildman–Crippen MR) is 39.0 cm³/mol. The van der Waals surface area contributed by atoms with Crippen molar-refractivity contribution in [1.82, 2.24) is 0 Å². The van der Waals surface area contributed by atoms with Crippen molar-refractivity contribution in [2.75, 3.05) is 0 Å². The number of carbonyl (C=O) groups is 1. The lowest BCUT2D eigenvalue weighted by molar-refractivity contribution is -0.146. The molecule has 0 saturated carbocycles. The molecule has 0 fully saturated rings. The molecule has 1 rings (SSSR count). The first-order chi connectivity index (χ1) is 6.00. The second kappa shape index (κ2) is 3.49. The average molecular weight is 188 g/mol. The van der Waals surface area contributed by atoms with Crippen molar-refractivity contribution < 1.29 is 23.8 Å². The van der Waals surface area contributed by atoms with E-state index in [4.69, 9.17) is 10.2 Å². The van der Waals surface area contributed by atoms with E-state index in [1.807, 2.05) is 0 Å². The van der Waals surface area contributed by atoms with E-state index >= 15 is 0 Å². The zero-order chi connectivity index (χ0) is 10.0. The summed E-state index contributed by atoms with van der Waals surface area (Å²) >= 11 is 0. The van der Waals surface area contributed by atoms with E-state index < -0.39 is 23.7 Å². The molecular formula is C8H6F2O3. The van der Waals surface area contributed by atoms with Crippen molar-refractivity contribution in [3.63, 3.8) is 0 Å². The van der Waals surface area contributed by atoms with Crippen molar-refractivity contribution in [2.45, 2.75) is 6.10 Å². The molecule has 70 valence electrons. The third kappa shape index (κ3) is 2.22. The minimum absolute atomic E-state index is 0.315. The van der Waals surface area contributed by atoms with Gasteiger partial charge in [0.1, 0.15) is 11.6 Å². The summed E-state index contributed by atoms with van der Waals surface area (Å²) in [6.45, 7) is 0. The average Bonchev–Trinajstić information content (AvgIpc) is 2.01. The van der Waals surface area contributed by atoms with Gasteiger partial charge >= 0.3 is 5.97 Å². The van der Waals surface area contributed by atoms with Crippen molar-refractivity contribution in [1.29, 1.82) is 0 Å². The lowest BCUT2D eigenvalue weighted by Crippen LogP contribution is -2.10. The number of rotatable bonds is 2. The maximum atomic E-state index is 12.5. The number of aliphatic hydroxyl groups excluding tert-OH is 1. The van der Waals surface area contributed by atoms with Crippen LogP contribution in [0, 0.1) is 11.6 Å². The first-order valence-corrected chi connectivity index (χ1v) is 3.37. The van der Waals surface area contributed by atoms with E-state index in [9.17, 15) is 13.6 Å². The van der Waals surface area contributed by atoms with E-state index in [-0.39, 0.29) is 5.56 Å². The topological polar surface area (TPSA) is 57.5 Å². The zero-order valence-corrected chi connectivity index (χ0v) is 6.37. The quantitative estimate of drug-likeness (QED) is 0.730. The number of halogens is 2. The monoisotopic (exact) mass is 188 g/mol. The van der Waals surface area contributed by atoms with E-state index in [0.29, 0.717) is 6.07 Å². The molecule has 5 heteroatoms. The normalized spacial score (nSPS) is 12.5. The van der Waals surface area contributed by atoms with Gasteiger partial charge < -0.3 is 10.2 Å². The molecule has 0 heterocycles. The van der Waals surface area contributed by atoms with Crippen molar-refractivity contribution in [2.24, 2.45) is 0 Å². The molecule has 0 aliphatic heterocycles. The Morgan fingerprint density at radius 3 is 2.08 bits per heavy atom. The highest BCUT2D eigenvalue weighted by molar-refractivity contribution is 5.73. The van der Waals surface area contributed by atoms with Gasteiger partial charge in [0.2, 0.25) is 0 Å². The molecule has 0 unspecified atom stereocenters. The minimum Gasteiger partial charge on any atom is -0.479 e. The maximum absolute atomic E-state index is 12.5. The van der Waals surface area contributed by atoms with Crippen LogP contribution in [0.5, 0.6) is 0 Å². The largest absolute Gasteiger partial charge is 0.479 e. The summed E-state index contributed by atoms with van der Waals surface area (Å²) in [7, 11) is 0. The highest BCUT2D eigenvalue weighted by Gasteiger charge is 2.17. The molecule has 3 nitrogen and oxygen atoms in total. The molecule has 2 N–H and O–H groups in total. The molecule has 0 amide bonds. The fraction of sp³-hybridized carbons (Fsp3) is 0.125. The van der Waals surface area contributed by atoms with Crippen molar-refractivity contribution in [3.05, 3.63) is 35.4 Å². The van der Waals surface area contributed by atoms with Crippen LogP contribution in [0.15, 0.2) is 18.2 Å². The van der Waals surface area contributed by atoms with Crippen molar-refractivity contribution >= 4 is 5.97 Å². The third-order valence-corrected chi connectivity index (χ3v) is 1.43. The van der Waals surface area contributed by atoms with Crippen LogP contribution in [0.3, 0.4) is 0 Å². The Labute approximate surface area is 72.2 Å². The van der Waals surface area contributed by atoms with Gasteiger partial charge in [-0.1, -0.05) is 0 Å². The fourth-order valence-electron chi connectivity index (χ4n) is 0.876. The molecule has 0 aliphatic carbocycles. The van der Waals surface area contributed by atoms with E-state index in [1.165, 1.54) is 0 Å². The van der Waals surface area contributed by atoms with Gasteiger partial charge in [0, 0.05) is 6.07 Å². The first-order valence-electron chi connectivity index (χ1n) is 3.37. The first kappa shape index (κ1) is 9.60. The fourth-order valence-corrected chi connectivity index (χ4v) is 0.876. The number of benzene rings is 1. The second-order valence-corrected chi connectivity index (χ2v) is 2.44. The van der Waals surface area contributed by atoms with Gasteiger partial charge in [-0.05, 0) is 17.7 Å². The van der Waals surface area contributed by atoms with E-state index in [1.54, 1.807) is 0 Å². The van der Waals surface area contributed by atoms with E-state index in [2.05, 4.69) is 0 Å². The standard InChI is InChI=1S/C8H6F2O3/c9-5-1-4(2-6(10)3-5)7(11)8(12)13/h1-3,7,11H,(H,12,13)/t7-/m0/s1. The third-order valence-electron chi connectivity index (χ3n) is 1.43. The van der Waals surface area contributed by atoms with Crippen LogP contribution < -0.4 is 0 Å². The highest BCUT2D eigenvalue weighted by Crippen LogP contribution is 2.15. The summed E-state index contributed by atoms with van der Waals surface area (Å²) in [6.07, 6.45) is -1.90. The van der Waals surface area contributed by atoms with Crippen LogP contribution in [0.1, 0.15) is 11.7 Å². The molecule has 13 heavy (non-hydrogen) atoms. The Morgan fingerprint density at radius 2 is 1.69 bits per heavy atom.